The normalized spacial score (nSPS) is 0. The molecule has 0 unspecified atom stereocenters. The summed E-state index contributed by atoms with van der Waals surface area (Å²) in [6.45, 7) is 0. The molecule has 0 amide bonds. The van der Waals surface area contributed by atoms with Gasteiger partial charge in [0.2, 0.25) is 0 Å². The minimum Gasteiger partial charge on any atom is -0.0149 e. The third-order valence-electron chi connectivity index (χ3n) is 0. The first-order valence-corrected chi connectivity index (χ1v) is 0. The van der Waals surface area contributed by atoms with Gasteiger partial charge in [-0.05, 0) is 11.0 Å². The van der Waals surface area contributed by atoms with Gasteiger partial charge in [-0.15, -0.1) is 0 Å². The molecule has 0 N–H and O–H groups in total. The predicted molar refractivity (Wildman–Crippen MR) is 37.0 cm³/mol. The molecule has 0 nitrogen and oxygen atoms in total. The van der Waals surface area contributed by atoms with Crippen LogP contribution in [0.5, 0.6) is 0 Å². The summed E-state index contributed by atoms with van der Waals surface area (Å²) >= 11 is 0. The van der Waals surface area contributed by atoms with Crippen molar-refractivity contribution in [2.24, 2.45) is 0 Å². The van der Waals surface area contributed by atoms with E-state index in [0.717, 1.165) is 0 Å². The average Bonchev–Trinajstić information content (AvgIpc) is 0. The fourth-order valence-electron chi connectivity index (χ4n) is 0. The van der Waals surface area contributed by atoms with E-state index >= 15 is 0 Å². The molecule has 0 saturated heterocycles. The molecule has 0 aromatic carbocycles. The quantitative estimate of drug-likeness (QED) is 0.268. The van der Waals surface area contributed by atoms with Gasteiger partial charge in [-0.3, -0.25) is 0 Å². The SMILES string of the molecule is [AlH3].[LiH].[MgH2].[SiH4]. The van der Waals surface area contributed by atoms with Crippen molar-refractivity contribution in [2.75, 3.05) is 0 Å². The van der Waals surface area contributed by atoms with Crippen LogP contribution in [0, 0.1) is 0 Å². The molecule has 4 heteroatoms. The Bertz CT molecular complexity index is 8.00. The molecule has 0 bridgehead atoms. The zero-order chi connectivity index (χ0) is 0. The van der Waals surface area contributed by atoms with Crippen molar-refractivity contribution in [3.05, 3.63) is 0 Å². The second kappa shape index (κ2) is 19.4. The van der Waals surface area contributed by atoms with Gasteiger partial charge in [-0.1, -0.05) is 0 Å². The first-order valence-electron chi connectivity index (χ1n) is 0. The molecule has 0 fully saturated rings. The van der Waals surface area contributed by atoms with Crippen LogP contribution in [-0.4, -0.2) is 70.2 Å². The Hall–Kier alpha value is 2.11. The third kappa shape index (κ3) is 8.93. The van der Waals surface area contributed by atoms with Crippen LogP contribution in [0.1, 0.15) is 0 Å². The van der Waals surface area contributed by atoms with E-state index in [4.69, 9.17) is 0 Å². The fraction of sp³-hybridized carbons (Fsp3) is 0. The maximum Gasteiger partial charge on any atom is 0.316 e. The van der Waals surface area contributed by atoms with Crippen molar-refractivity contribution in [3.63, 3.8) is 0 Å². The van der Waals surface area contributed by atoms with Gasteiger partial charge in [0.05, 0.1) is 0 Å². The van der Waals surface area contributed by atoms with Gasteiger partial charge in [0, 0.05) is 0 Å². The number of hydrogen-bond acceptors (Lipinski definition) is 0. The smallest absolute Gasteiger partial charge is 0.0149 e. The maximum absolute atomic E-state index is 0. The zero-order valence-electron chi connectivity index (χ0n) is 0. The standard InChI is InChI=1S/Al.Li.Mg.H4Si.6H/h;;;1H4;;;;;;. The van der Waals surface area contributed by atoms with Crippen LogP contribution < -0.4 is 0 Å². The van der Waals surface area contributed by atoms with E-state index in [9.17, 15) is 0 Å². The fourth-order valence-corrected chi connectivity index (χ4v) is 0. The van der Waals surface area contributed by atoms with E-state index in [0.29, 0.717) is 0 Å². The van der Waals surface area contributed by atoms with Crippen LogP contribution in [0.15, 0.2) is 0 Å². The average molecular weight is 96.4 g/mol. The second-order valence-corrected chi connectivity index (χ2v) is 0. The predicted octanol–water partition coefficient (Wildman–Crippen LogP) is -4.20. The summed E-state index contributed by atoms with van der Waals surface area (Å²) in [4.78, 5) is 0. The van der Waals surface area contributed by atoms with Crippen LogP contribution in [0.2, 0.25) is 0 Å². The van der Waals surface area contributed by atoms with Gasteiger partial charge in [0.15, 0.2) is 17.4 Å². The Morgan fingerprint density at radius 2 is 1.00 bits per heavy atom. The van der Waals surface area contributed by atoms with Crippen molar-refractivity contribution in [1.29, 1.82) is 0 Å². The monoisotopic (exact) mass is 96.0 g/mol. The van der Waals surface area contributed by atoms with Crippen LogP contribution in [0.3, 0.4) is 0 Å². The minimum absolute atomic E-state index is 0. The summed E-state index contributed by atoms with van der Waals surface area (Å²) in [7, 11) is 0. The van der Waals surface area contributed by atoms with E-state index in [2.05, 4.69) is 0 Å². The Labute approximate surface area is 69.6 Å². The molecular weight excluding hydrogens is 86.3 g/mol. The van der Waals surface area contributed by atoms with Gasteiger partial charge < -0.3 is 0 Å². The van der Waals surface area contributed by atoms with Crippen molar-refractivity contribution >= 4 is 70.2 Å². The zero-order valence-corrected chi connectivity index (χ0v) is 0. The van der Waals surface area contributed by atoms with Crippen molar-refractivity contribution in [2.45, 2.75) is 0 Å². The number of rotatable bonds is 0. The Morgan fingerprint density at radius 3 is 1.00 bits per heavy atom. The van der Waals surface area contributed by atoms with Gasteiger partial charge in [-0.25, -0.2) is 0 Å². The summed E-state index contributed by atoms with van der Waals surface area (Å²) in [6, 6.07) is 0. The molecule has 0 aliphatic rings. The maximum atomic E-state index is 0. The molecule has 0 aromatic heterocycles. The topological polar surface area (TPSA) is 0 Å². The van der Waals surface area contributed by atoms with Crippen molar-refractivity contribution in [1.82, 2.24) is 0 Å². The Balaban J connectivity index is 0. The molecule has 0 aliphatic heterocycles. The van der Waals surface area contributed by atoms with E-state index in [1.807, 2.05) is 0 Å². The summed E-state index contributed by atoms with van der Waals surface area (Å²) in [6.07, 6.45) is 0. The molecule has 0 aliphatic carbocycles. The van der Waals surface area contributed by atoms with Gasteiger partial charge in [0.25, 0.3) is 0 Å². The van der Waals surface area contributed by atoms with Crippen LogP contribution in [0.4, 0.5) is 0 Å². The first kappa shape index (κ1) is 35.8. The molecule has 0 radical (unpaired) electrons. The molecule has 0 rings (SSSR count). The van der Waals surface area contributed by atoms with Crippen molar-refractivity contribution in [3.8, 4) is 0 Å². The van der Waals surface area contributed by atoms with Crippen LogP contribution in [0.25, 0.3) is 0 Å². The third-order valence-corrected chi connectivity index (χ3v) is 0. The molecule has 0 saturated carbocycles. The van der Waals surface area contributed by atoms with Crippen LogP contribution >= 0.6 is 0 Å². The molecule has 0 aromatic rings. The van der Waals surface area contributed by atoms with E-state index in [1.165, 1.54) is 0 Å². The van der Waals surface area contributed by atoms with Gasteiger partial charge in [0.1, 0.15) is 0 Å². The van der Waals surface area contributed by atoms with E-state index < -0.39 is 0 Å². The summed E-state index contributed by atoms with van der Waals surface area (Å²) < 4.78 is 0. The summed E-state index contributed by atoms with van der Waals surface area (Å²) in [5.74, 6) is 0. The summed E-state index contributed by atoms with van der Waals surface area (Å²) in [5, 5.41) is 0. The van der Waals surface area contributed by atoms with Gasteiger partial charge in [-0.2, -0.15) is 0 Å². The van der Waals surface area contributed by atoms with Crippen LogP contribution in [-0.2, 0) is 0 Å². The van der Waals surface area contributed by atoms with Crippen molar-refractivity contribution < 1.29 is 0 Å². The molecule has 0 atom stereocenters. The molecule has 0 heterocycles. The minimum atomic E-state index is 0. The summed E-state index contributed by atoms with van der Waals surface area (Å²) in [5.41, 5.74) is 0. The molecular formula is H10AlLiMgSi. The molecule has 4 heavy (non-hydrogen) atoms. The Kier molecular flexibility index (Phi) is 173. The Morgan fingerprint density at radius 1 is 1.00 bits per heavy atom. The first-order chi connectivity index (χ1) is 0. The number of hydrogen-bond donors (Lipinski definition) is 0. The van der Waals surface area contributed by atoms with E-state index in [-0.39, 0.29) is 70.2 Å². The molecule has 20 valence electrons. The second-order valence-electron chi connectivity index (χ2n) is 0. The largest absolute Gasteiger partial charge is 0.316 e. The van der Waals surface area contributed by atoms with E-state index in [1.54, 1.807) is 0 Å². The van der Waals surface area contributed by atoms with Gasteiger partial charge >= 0.3 is 41.9 Å². The molecule has 0 spiro atoms.